The Morgan fingerprint density at radius 2 is 1.88 bits per heavy atom. The quantitative estimate of drug-likeness (QED) is 0.663. The Bertz CT molecular complexity index is 1070. The summed E-state index contributed by atoms with van der Waals surface area (Å²) in [5.41, 5.74) is 5.32. The highest BCUT2D eigenvalue weighted by molar-refractivity contribution is 6.36. The van der Waals surface area contributed by atoms with Crippen LogP contribution in [0, 0.1) is 19.7 Å². The van der Waals surface area contributed by atoms with E-state index >= 15 is 0 Å². The second kappa shape index (κ2) is 6.11. The van der Waals surface area contributed by atoms with Crippen molar-refractivity contribution < 1.29 is 9.18 Å². The molecule has 2 aromatic carbocycles. The number of anilines is 1. The summed E-state index contributed by atoms with van der Waals surface area (Å²) in [6.07, 6.45) is 1.83. The summed E-state index contributed by atoms with van der Waals surface area (Å²) >= 11 is 6.09. The maximum absolute atomic E-state index is 13.2. The van der Waals surface area contributed by atoms with Crippen molar-refractivity contribution in [1.82, 2.24) is 9.78 Å². The SMILES string of the molecule is Cc1nn(-c2ccc(F)cc2)c(C)c1/C=C1/C(=O)Nc2ccc(Cl)cc21. The number of fused-ring (bicyclic) bond motifs is 1. The van der Waals surface area contributed by atoms with Crippen LogP contribution in [-0.4, -0.2) is 15.7 Å². The van der Waals surface area contributed by atoms with Crippen molar-refractivity contribution in [2.24, 2.45) is 0 Å². The summed E-state index contributed by atoms with van der Waals surface area (Å²) in [4.78, 5) is 12.4. The van der Waals surface area contributed by atoms with E-state index in [0.717, 1.165) is 33.9 Å². The third-order valence-corrected chi connectivity index (χ3v) is 4.71. The molecule has 0 unspecified atom stereocenters. The van der Waals surface area contributed by atoms with Gasteiger partial charge in [-0.1, -0.05) is 11.6 Å². The number of carbonyl (C=O) groups excluding carboxylic acids is 1. The zero-order valence-electron chi connectivity index (χ0n) is 14.2. The molecule has 0 aliphatic carbocycles. The molecular formula is C20H15ClFN3O. The highest BCUT2D eigenvalue weighted by atomic mass is 35.5. The predicted molar refractivity (Wildman–Crippen MR) is 101 cm³/mol. The topological polar surface area (TPSA) is 46.9 Å². The Morgan fingerprint density at radius 1 is 1.15 bits per heavy atom. The number of rotatable bonds is 2. The minimum atomic E-state index is -0.297. The van der Waals surface area contributed by atoms with Gasteiger partial charge in [-0.15, -0.1) is 0 Å². The predicted octanol–water partition coefficient (Wildman–Crippen LogP) is 4.77. The number of benzene rings is 2. The van der Waals surface area contributed by atoms with E-state index < -0.39 is 0 Å². The number of nitrogens with zero attached hydrogens (tertiary/aromatic N) is 2. The van der Waals surface area contributed by atoms with E-state index in [1.807, 2.05) is 19.9 Å². The van der Waals surface area contributed by atoms with E-state index in [-0.39, 0.29) is 11.7 Å². The van der Waals surface area contributed by atoms with E-state index in [0.29, 0.717) is 10.6 Å². The lowest BCUT2D eigenvalue weighted by molar-refractivity contribution is -0.110. The van der Waals surface area contributed by atoms with Gasteiger partial charge in [0.05, 0.1) is 11.4 Å². The van der Waals surface area contributed by atoms with Crippen molar-refractivity contribution >= 4 is 34.8 Å². The summed E-state index contributed by atoms with van der Waals surface area (Å²) in [5, 5.41) is 7.96. The number of carbonyl (C=O) groups is 1. The zero-order chi connectivity index (χ0) is 18.4. The number of aromatic nitrogens is 2. The highest BCUT2D eigenvalue weighted by Gasteiger charge is 2.25. The first-order chi connectivity index (χ1) is 12.4. The lowest BCUT2D eigenvalue weighted by Crippen LogP contribution is -2.03. The summed E-state index contributed by atoms with van der Waals surface area (Å²) in [5.74, 6) is -0.468. The first-order valence-corrected chi connectivity index (χ1v) is 8.47. The maximum Gasteiger partial charge on any atom is 0.256 e. The maximum atomic E-state index is 13.2. The van der Waals surface area contributed by atoms with Gasteiger partial charge in [-0.05, 0) is 62.4 Å². The number of aryl methyl sites for hydroxylation is 1. The van der Waals surface area contributed by atoms with Crippen LogP contribution < -0.4 is 5.32 Å². The van der Waals surface area contributed by atoms with Crippen molar-refractivity contribution in [2.45, 2.75) is 13.8 Å². The van der Waals surface area contributed by atoms with Gasteiger partial charge in [-0.2, -0.15) is 5.10 Å². The van der Waals surface area contributed by atoms with Gasteiger partial charge in [0.1, 0.15) is 5.82 Å². The van der Waals surface area contributed by atoms with Gasteiger partial charge >= 0.3 is 0 Å². The van der Waals surface area contributed by atoms with E-state index in [2.05, 4.69) is 10.4 Å². The standard InChI is InChI=1S/C20H15ClFN3O/c1-11-16(12(2)25(24-11)15-6-4-14(22)5-7-15)10-18-17-9-13(21)3-8-19(17)23-20(18)26/h3-10H,1-2H3,(H,23,26)/b18-10+. The van der Waals surface area contributed by atoms with E-state index in [1.54, 1.807) is 35.0 Å². The Hall–Kier alpha value is -2.92. The molecule has 1 amide bonds. The normalized spacial score (nSPS) is 14.6. The van der Waals surface area contributed by atoms with Gasteiger partial charge in [0.2, 0.25) is 0 Å². The minimum Gasteiger partial charge on any atom is -0.321 e. The molecule has 4 nitrogen and oxygen atoms in total. The number of halogens is 2. The molecule has 0 atom stereocenters. The van der Waals surface area contributed by atoms with Crippen LogP contribution in [0.3, 0.4) is 0 Å². The Labute approximate surface area is 154 Å². The first kappa shape index (κ1) is 16.5. The van der Waals surface area contributed by atoms with Crippen LogP contribution in [0.25, 0.3) is 17.3 Å². The van der Waals surface area contributed by atoms with Gasteiger partial charge < -0.3 is 5.32 Å². The van der Waals surface area contributed by atoms with Gasteiger partial charge in [0.15, 0.2) is 0 Å². The number of hydrogen-bond acceptors (Lipinski definition) is 2. The number of amides is 1. The van der Waals surface area contributed by atoms with Crippen LogP contribution in [0.5, 0.6) is 0 Å². The molecular weight excluding hydrogens is 353 g/mol. The number of hydrogen-bond donors (Lipinski definition) is 1. The van der Waals surface area contributed by atoms with Crippen molar-refractivity contribution in [2.75, 3.05) is 5.32 Å². The second-order valence-corrected chi connectivity index (χ2v) is 6.61. The minimum absolute atomic E-state index is 0.171. The Morgan fingerprint density at radius 3 is 2.62 bits per heavy atom. The van der Waals surface area contributed by atoms with Crippen LogP contribution >= 0.6 is 11.6 Å². The molecule has 0 radical (unpaired) electrons. The van der Waals surface area contributed by atoms with Gasteiger partial charge in [-0.3, -0.25) is 4.79 Å². The van der Waals surface area contributed by atoms with Crippen LogP contribution in [0.2, 0.25) is 5.02 Å². The Balaban J connectivity index is 1.83. The second-order valence-electron chi connectivity index (χ2n) is 6.17. The fourth-order valence-electron chi connectivity index (χ4n) is 3.15. The molecule has 26 heavy (non-hydrogen) atoms. The monoisotopic (exact) mass is 367 g/mol. The summed E-state index contributed by atoms with van der Waals surface area (Å²) < 4.78 is 14.9. The third-order valence-electron chi connectivity index (χ3n) is 4.47. The first-order valence-electron chi connectivity index (χ1n) is 8.09. The summed E-state index contributed by atoms with van der Waals surface area (Å²) in [7, 11) is 0. The molecule has 2 heterocycles. The van der Waals surface area contributed by atoms with Crippen molar-refractivity contribution in [3.8, 4) is 5.69 Å². The molecule has 1 aliphatic rings. The largest absolute Gasteiger partial charge is 0.321 e. The molecule has 130 valence electrons. The smallest absolute Gasteiger partial charge is 0.256 e. The fourth-order valence-corrected chi connectivity index (χ4v) is 3.32. The van der Waals surface area contributed by atoms with Crippen molar-refractivity contribution in [3.63, 3.8) is 0 Å². The third kappa shape index (κ3) is 2.70. The highest BCUT2D eigenvalue weighted by Crippen LogP contribution is 2.35. The molecule has 1 aromatic heterocycles. The average Bonchev–Trinajstić information content (AvgIpc) is 3.07. The van der Waals surface area contributed by atoms with Crippen LogP contribution in [0.4, 0.5) is 10.1 Å². The molecule has 0 spiro atoms. The van der Waals surface area contributed by atoms with Gasteiger partial charge in [0, 0.05) is 33.1 Å². The van der Waals surface area contributed by atoms with Gasteiger partial charge in [0.25, 0.3) is 5.91 Å². The van der Waals surface area contributed by atoms with E-state index in [9.17, 15) is 9.18 Å². The zero-order valence-corrected chi connectivity index (χ0v) is 14.9. The van der Waals surface area contributed by atoms with Crippen LogP contribution in [0.15, 0.2) is 42.5 Å². The molecule has 0 fully saturated rings. The van der Waals surface area contributed by atoms with E-state index in [1.165, 1.54) is 12.1 Å². The van der Waals surface area contributed by atoms with Crippen LogP contribution in [0.1, 0.15) is 22.5 Å². The average molecular weight is 368 g/mol. The number of nitrogens with one attached hydrogen (secondary N) is 1. The molecule has 0 saturated heterocycles. The molecule has 1 aliphatic heterocycles. The summed E-state index contributed by atoms with van der Waals surface area (Å²) in [6, 6.07) is 11.4. The Kier molecular flexibility index (Phi) is 3.89. The molecule has 6 heteroatoms. The lowest BCUT2D eigenvalue weighted by Gasteiger charge is -2.04. The molecule has 3 aromatic rings. The summed E-state index contributed by atoms with van der Waals surface area (Å²) in [6.45, 7) is 3.80. The van der Waals surface area contributed by atoms with Gasteiger partial charge in [-0.25, -0.2) is 9.07 Å². The molecule has 4 rings (SSSR count). The fraction of sp³-hybridized carbons (Fsp3) is 0.100. The van der Waals surface area contributed by atoms with Crippen molar-refractivity contribution in [1.29, 1.82) is 0 Å². The van der Waals surface area contributed by atoms with Crippen LogP contribution in [-0.2, 0) is 4.79 Å². The molecule has 1 N–H and O–H groups in total. The lowest BCUT2D eigenvalue weighted by atomic mass is 10.0. The van der Waals surface area contributed by atoms with Crippen molar-refractivity contribution in [3.05, 3.63) is 75.8 Å². The van der Waals surface area contributed by atoms with E-state index in [4.69, 9.17) is 11.6 Å². The molecule has 0 saturated carbocycles. The molecule has 0 bridgehead atoms.